The first-order valence-corrected chi connectivity index (χ1v) is 11.0. The Morgan fingerprint density at radius 3 is 1.59 bits per heavy atom. The topological polar surface area (TPSA) is 63.6 Å². The first-order chi connectivity index (χ1) is 12.9. The molecule has 4 nitrogen and oxygen atoms in total. The van der Waals surface area contributed by atoms with Crippen molar-refractivity contribution in [3.63, 3.8) is 0 Å². The van der Waals surface area contributed by atoms with Crippen LogP contribution >= 0.6 is 0 Å². The summed E-state index contributed by atoms with van der Waals surface area (Å²) >= 11 is 0. The van der Waals surface area contributed by atoms with Crippen LogP contribution in [0.3, 0.4) is 0 Å². The number of hydrogen-bond donors (Lipinski definition) is 1. The van der Waals surface area contributed by atoms with E-state index >= 15 is 0 Å². The van der Waals surface area contributed by atoms with Gasteiger partial charge in [-0.1, -0.05) is 104 Å². The molecular formula is C23H42O4. The van der Waals surface area contributed by atoms with Crippen LogP contribution in [-0.2, 0) is 14.3 Å². The summed E-state index contributed by atoms with van der Waals surface area (Å²) in [5.74, 6) is -0.792. The molecule has 0 aromatic carbocycles. The minimum absolute atomic E-state index is 0.0121. The Kier molecular flexibility index (Phi) is 17.2. The van der Waals surface area contributed by atoms with E-state index in [1.807, 2.05) is 0 Å². The van der Waals surface area contributed by atoms with E-state index in [2.05, 4.69) is 20.4 Å². The molecule has 0 radical (unpaired) electrons. The van der Waals surface area contributed by atoms with Crippen LogP contribution in [0.15, 0.2) is 12.2 Å². The van der Waals surface area contributed by atoms with Gasteiger partial charge in [-0.15, -0.1) is 0 Å². The molecule has 0 atom stereocenters. The summed E-state index contributed by atoms with van der Waals surface area (Å²) in [6, 6.07) is 0. The number of hydrogen-bond acceptors (Lipinski definition) is 3. The molecule has 0 aromatic rings. The Hall–Kier alpha value is -1.32. The molecule has 0 fully saturated rings. The van der Waals surface area contributed by atoms with E-state index in [9.17, 15) is 9.59 Å². The predicted octanol–water partition coefficient (Wildman–Crippen LogP) is 6.68. The highest BCUT2D eigenvalue weighted by molar-refractivity contribution is 5.92. The Morgan fingerprint density at radius 1 is 0.778 bits per heavy atom. The van der Waals surface area contributed by atoms with Crippen LogP contribution in [0.1, 0.15) is 110 Å². The van der Waals surface area contributed by atoms with Crippen molar-refractivity contribution < 1.29 is 19.4 Å². The number of aliphatic carboxylic acids is 1. The molecule has 0 rings (SSSR count). The van der Waals surface area contributed by atoms with E-state index in [1.165, 1.54) is 77.0 Å². The van der Waals surface area contributed by atoms with Crippen LogP contribution in [0.5, 0.6) is 0 Å². The van der Waals surface area contributed by atoms with Crippen molar-refractivity contribution in [1.29, 1.82) is 0 Å². The summed E-state index contributed by atoms with van der Waals surface area (Å²) in [7, 11) is 0. The zero-order chi connectivity index (χ0) is 20.3. The second-order valence-corrected chi connectivity index (χ2v) is 8.09. The lowest BCUT2D eigenvalue weighted by Gasteiger charge is -2.06. The van der Waals surface area contributed by atoms with E-state index in [4.69, 9.17) is 9.84 Å². The third kappa shape index (κ3) is 19.3. The van der Waals surface area contributed by atoms with Gasteiger partial charge in [0.2, 0.25) is 0 Å². The van der Waals surface area contributed by atoms with Gasteiger partial charge in [0.25, 0.3) is 0 Å². The summed E-state index contributed by atoms with van der Waals surface area (Å²) in [4.78, 5) is 21.9. The minimum atomic E-state index is -1.06. The van der Waals surface area contributed by atoms with Gasteiger partial charge in [-0.3, -0.25) is 4.79 Å². The van der Waals surface area contributed by atoms with E-state index in [-0.39, 0.29) is 12.0 Å². The zero-order valence-electron chi connectivity index (χ0n) is 17.8. The van der Waals surface area contributed by atoms with Crippen molar-refractivity contribution >= 4 is 11.9 Å². The van der Waals surface area contributed by atoms with Crippen molar-refractivity contribution in [2.24, 2.45) is 5.92 Å². The molecule has 0 heterocycles. The molecule has 1 N–H and O–H groups in total. The molecule has 0 aliphatic rings. The number of carbonyl (C=O) groups excluding carboxylic acids is 1. The third-order valence-corrected chi connectivity index (χ3v) is 4.81. The second kappa shape index (κ2) is 18.1. The number of unbranched alkanes of at least 4 members (excludes halogenated alkanes) is 12. The Bertz CT molecular complexity index is 401. The maximum absolute atomic E-state index is 11.5. The molecule has 4 heteroatoms. The first-order valence-electron chi connectivity index (χ1n) is 11.0. The minimum Gasteiger partial charge on any atom is -0.481 e. The lowest BCUT2D eigenvalue weighted by Crippen LogP contribution is -2.11. The fraction of sp³-hybridized carbons (Fsp3) is 0.826. The normalized spacial score (nSPS) is 10.9. The summed E-state index contributed by atoms with van der Waals surface area (Å²) in [6.45, 7) is 8.40. The van der Waals surface area contributed by atoms with Crippen LogP contribution in [0.25, 0.3) is 0 Å². The van der Waals surface area contributed by atoms with E-state index in [1.54, 1.807) is 0 Å². The number of carboxylic acid groups (broad SMARTS) is 1. The van der Waals surface area contributed by atoms with Gasteiger partial charge in [-0.2, -0.15) is 0 Å². The number of ether oxygens (including phenoxy) is 1. The number of esters is 1. The van der Waals surface area contributed by atoms with Crippen LogP contribution in [0.2, 0.25) is 0 Å². The van der Waals surface area contributed by atoms with Crippen molar-refractivity contribution in [2.75, 3.05) is 6.61 Å². The lowest BCUT2D eigenvalue weighted by atomic mass is 10.0. The average molecular weight is 383 g/mol. The van der Waals surface area contributed by atoms with Gasteiger partial charge in [0.15, 0.2) is 0 Å². The molecule has 0 saturated carbocycles. The highest BCUT2D eigenvalue weighted by atomic mass is 16.5. The Morgan fingerprint density at radius 2 is 1.19 bits per heavy atom. The van der Waals surface area contributed by atoms with Gasteiger partial charge in [-0.05, 0) is 12.3 Å². The summed E-state index contributed by atoms with van der Waals surface area (Å²) in [5.41, 5.74) is 0.0121. The van der Waals surface area contributed by atoms with Gasteiger partial charge in [-0.25, -0.2) is 4.79 Å². The molecule has 158 valence electrons. The highest BCUT2D eigenvalue weighted by Gasteiger charge is 2.11. The molecule has 0 bridgehead atoms. The number of rotatable bonds is 19. The van der Waals surface area contributed by atoms with E-state index in [0.717, 1.165) is 18.8 Å². The third-order valence-electron chi connectivity index (χ3n) is 4.81. The predicted molar refractivity (Wildman–Crippen MR) is 112 cm³/mol. The maximum Gasteiger partial charge on any atom is 0.333 e. The SMILES string of the molecule is C=C(CC(=O)O)C(=O)OCCCCCCCCCCCCCCCC(C)C. The number of carbonyl (C=O) groups is 2. The van der Waals surface area contributed by atoms with Crippen LogP contribution in [0.4, 0.5) is 0 Å². The monoisotopic (exact) mass is 382 g/mol. The Balaban J connectivity index is 3.22. The van der Waals surface area contributed by atoms with Crippen LogP contribution in [0, 0.1) is 5.92 Å². The lowest BCUT2D eigenvalue weighted by molar-refractivity contribution is -0.142. The van der Waals surface area contributed by atoms with Gasteiger partial charge in [0.1, 0.15) is 0 Å². The molecule has 0 aliphatic carbocycles. The van der Waals surface area contributed by atoms with Crippen molar-refractivity contribution in [3.8, 4) is 0 Å². The largest absolute Gasteiger partial charge is 0.481 e. The number of carboxylic acids is 1. The molecule has 0 aromatic heterocycles. The molecular weight excluding hydrogens is 340 g/mol. The average Bonchev–Trinajstić information content (AvgIpc) is 2.60. The summed E-state index contributed by atoms with van der Waals surface area (Å²) in [6.07, 6.45) is 17.7. The first kappa shape index (κ1) is 25.7. The standard InChI is InChI=1S/C23H42O4/c1-20(2)17-15-13-11-9-7-5-4-6-8-10-12-14-16-18-27-23(26)21(3)19-22(24)25/h20H,3-19H2,1-2H3,(H,24,25). The molecule has 0 spiro atoms. The molecule has 27 heavy (non-hydrogen) atoms. The fourth-order valence-electron chi connectivity index (χ4n) is 3.12. The summed E-state index contributed by atoms with van der Waals surface area (Å²) in [5, 5.41) is 8.58. The van der Waals surface area contributed by atoms with E-state index < -0.39 is 11.9 Å². The molecule has 0 aliphatic heterocycles. The Labute approximate surface area is 166 Å². The molecule has 0 amide bonds. The highest BCUT2D eigenvalue weighted by Crippen LogP contribution is 2.14. The molecule has 0 unspecified atom stereocenters. The van der Waals surface area contributed by atoms with Gasteiger partial charge < -0.3 is 9.84 Å². The van der Waals surface area contributed by atoms with Crippen molar-refractivity contribution in [2.45, 2.75) is 110 Å². The second-order valence-electron chi connectivity index (χ2n) is 8.09. The zero-order valence-corrected chi connectivity index (χ0v) is 17.8. The smallest absolute Gasteiger partial charge is 0.333 e. The van der Waals surface area contributed by atoms with Gasteiger partial charge >= 0.3 is 11.9 Å². The van der Waals surface area contributed by atoms with E-state index in [0.29, 0.717) is 6.61 Å². The van der Waals surface area contributed by atoms with Gasteiger partial charge in [0, 0.05) is 5.57 Å². The molecule has 0 saturated heterocycles. The maximum atomic E-state index is 11.5. The van der Waals surface area contributed by atoms with Crippen molar-refractivity contribution in [3.05, 3.63) is 12.2 Å². The fourth-order valence-corrected chi connectivity index (χ4v) is 3.12. The van der Waals surface area contributed by atoms with Crippen LogP contribution in [-0.4, -0.2) is 23.7 Å². The van der Waals surface area contributed by atoms with Gasteiger partial charge in [0.05, 0.1) is 13.0 Å². The quantitative estimate of drug-likeness (QED) is 0.154. The summed E-state index contributed by atoms with van der Waals surface area (Å²) < 4.78 is 5.02. The van der Waals surface area contributed by atoms with Crippen LogP contribution < -0.4 is 0 Å². The van der Waals surface area contributed by atoms with Crippen molar-refractivity contribution in [1.82, 2.24) is 0 Å².